The van der Waals surface area contributed by atoms with E-state index < -0.39 is 0 Å². The predicted octanol–water partition coefficient (Wildman–Crippen LogP) is 3.35. The van der Waals surface area contributed by atoms with Crippen LogP contribution < -0.4 is 20.3 Å². The highest BCUT2D eigenvalue weighted by Gasteiger charge is 2.24. The third kappa shape index (κ3) is 4.18. The maximum absolute atomic E-state index is 5.68. The van der Waals surface area contributed by atoms with Gasteiger partial charge in [-0.1, -0.05) is 12.1 Å². The number of benzene rings is 1. The maximum Gasteiger partial charge on any atom is 0.237 e. The van der Waals surface area contributed by atoms with Gasteiger partial charge in [0.2, 0.25) is 11.8 Å². The van der Waals surface area contributed by atoms with E-state index in [-0.39, 0.29) is 0 Å². The van der Waals surface area contributed by atoms with E-state index in [0.29, 0.717) is 18.4 Å². The van der Waals surface area contributed by atoms with Crippen LogP contribution >= 0.6 is 0 Å². The van der Waals surface area contributed by atoms with Crippen molar-refractivity contribution in [3.8, 4) is 5.88 Å². The van der Waals surface area contributed by atoms with Crippen LogP contribution in [0.25, 0.3) is 0 Å². The minimum atomic E-state index is 0.626. The first kappa shape index (κ1) is 20.5. The second-order valence-corrected chi connectivity index (χ2v) is 8.62. The van der Waals surface area contributed by atoms with Crippen LogP contribution in [0, 0.1) is 6.92 Å². The van der Waals surface area contributed by atoms with Crippen LogP contribution in [0.4, 0.5) is 23.0 Å². The Hall–Kier alpha value is -3.39. The number of fused-ring (bicyclic) bond motifs is 2. The number of hydrogen-bond donors (Lipinski definition) is 2. The first-order chi connectivity index (χ1) is 15.6. The molecule has 166 valence electrons. The van der Waals surface area contributed by atoms with Crippen molar-refractivity contribution in [1.82, 2.24) is 19.9 Å². The Morgan fingerprint density at radius 1 is 1.16 bits per heavy atom. The Labute approximate surface area is 188 Å². The van der Waals surface area contributed by atoms with E-state index in [1.54, 1.807) is 0 Å². The summed E-state index contributed by atoms with van der Waals surface area (Å²) in [5.74, 6) is 1.32. The van der Waals surface area contributed by atoms with Crippen LogP contribution in [0.2, 0.25) is 0 Å². The number of nitrogens with zero attached hydrogens (tertiary/aromatic N) is 5. The zero-order valence-electron chi connectivity index (χ0n) is 18.9. The van der Waals surface area contributed by atoms with Crippen LogP contribution in [-0.2, 0) is 19.5 Å². The van der Waals surface area contributed by atoms with Gasteiger partial charge in [-0.15, -0.1) is 0 Å². The molecule has 1 aromatic carbocycles. The predicted molar refractivity (Wildman–Crippen MR) is 127 cm³/mol. The lowest BCUT2D eigenvalue weighted by molar-refractivity contribution is 0.310. The molecule has 0 radical (unpaired) electrons. The molecule has 0 atom stereocenters. The highest BCUT2D eigenvalue weighted by Crippen LogP contribution is 2.36. The Balaban J connectivity index is 1.33. The third-order valence-corrected chi connectivity index (χ3v) is 5.92. The molecular formula is C24H29N7O. The minimum absolute atomic E-state index is 0.626. The second kappa shape index (κ2) is 8.63. The van der Waals surface area contributed by atoms with Crippen molar-refractivity contribution < 1.29 is 4.74 Å². The molecule has 0 spiro atoms. The van der Waals surface area contributed by atoms with Crippen molar-refractivity contribution >= 4 is 23.0 Å². The number of ether oxygens (including phenoxy) is 1. The molecule has 8 nitrogen and oxygen atoms in total. The lowest BCUT2D eigenvalue weighted by Gasteiger charge is -2.32. The summed E-state index contributed by atoms with van der Waals surface area (Å²) in [6.07, 6.45) is 4.78. The first-order valence-electron chi connectivity index (χ1n) is 11.0. The molecule has 3 aromatic rings. The Bertz CT molecular complexity index is 1110. The van der Waals surface area contributed by atoms with E-state index in [4.69, 9.17) is 9.72 Å². The Morgan fingerprint density at radius 2 is 2.00 bits per heavy atom. The van der Waals surface area contributed by atoms with Crippen molar-refractivity contribution in [3.63, 3.8) is 0 Å². The lowest BCUT2D eigenvalue weighted by atomic mass is 10.0. The number of anilines is 4. The van der Waals surface area contributed by atoms with Gasteiger partial charge in [0, 0.05) is 37.1 Å². The maximum atomic E-state index is 5.68. The zero-order valence-corrected chi connectivity index (χ0v) is 18.9. The SMILES string of the molecule is Cc1c(N2CCc3cnc(Nc4ccc(CN(C)C)cc4)nc3C2)cnc2c1NCCO2. The molecule has 5 rings (SSSR count). The van der Waals surface area contributed by atoms with Gasteiger partial charge in [-0.05, 0) is 50.7 Å². The molecular weight excluding hydrogens is 402 g/mol. The summed E-state index contributed by atoms with van der Waals surface area (Å²) >= 11 is 0. The van der Waals surface area contributed by atoms with E-state index in [2.05, 4.69) is 75.7 Å². The molecule has 0 fully saturated rings. The van der Waals surface area contributed by atoms with Crippen molar-refractivity contribution in [2.75, 3.05) is 49.3 Å². The molecule has 2 aromatic heterocycles. The number of nitrogens with one attached hydrogen (secondary N) is 2. The first-order valence-corrected chi connectivity index (χ1v) is 11.0. The standard InChI is InChI=1S/C24H29N7O/c1-16-21(13-26-23-22(16)25-9-11-32-23)31-10-8-18-12-27-24(29-20(18)15-31)28-19-6-4-17(5-7-19)14-30(2)3/h4-7,12-13,25H,8-11,14-15H2,1-3H3,(H,27,28,29). The highest BCUT2D eigenvalue weighted by molar-refractivity contribution is 5.70. The summed E-state index contributed by atoms with van der Waals surface area (Å²) in [5, 5.41) is 6.78. The van der Waals surface area contributed by atoms with Gasteiger partial charge in [0.15, 0.2) is 0 Å². The number of hydrogen-bond acceptors (Lipinski definition) is 8. The van der Waals surface area contributed by atoms with Crippen molar-refractivity contribution in [3.05, 3.63) is 59.0 Å². The van der Waals surface area contributed by atoms with Gasteiger partial charge >= 0.3 is 0 Å². The normalized spacial score (nSPS) is 14.9. The van der Waals surface area contributed by atoms with Gasteiger partial charge < -0.3 is 25.2 Å². The molecule has 8 heteroatoms. The summed E-state index contributed by atoms with van der Waals surface area (Å²) in [5.41, 5.74) is 7.82. The smallest absolute Gasteiger partial charge is 0.237 e. The van der Waals surface area contributed by atoms with E-state index in [1.165, 1.54) is 16.7 Å². The second-order valence-electron chi connectivity index (χ2n) is 8.62. The van der Waals surface area contributed by atoms with E-state index in [1.807, 2.05) is 12.4 Å². The topological polar surface area (TPSA) is 78.4 Å². The number of aromatic nitrogens is 3. The van der Waals surface area contributed by atoms with Gasteiger partial charge in [0.25, 0.3) is 0 Å². The monoisotopic (exact) mass is 431 g/mol. The van der Waals surface area contributed by atoms with Crippen molar-refractivity contribution in [2.24, 2.45) is 0 Å². The van der Waals surface area contributed by atoms with Crippen LogP contribution in [0.3, 0.4) is 0 Å². The van der Waals surface area contributed by atoms with Gasteiger partial charge in [-0.25, -0.2) is 15.0 Å². The van der Waals surface area contributed by atoms with Crippen LogP contribution in [0.15, 0.2) is 36.7 Å². The number of rotatable bonds is 5. The Kier molecular flexibility index (Phi) is 5.53. The Morgan fingerprint density at radius 3 is 2.81 bits per heavy atom. The molecule has 0 unspecified atom stereocenters. The molecule has 2 aliphatic heterocycles. The van der Waals surface area contributed by atoms with E-state index in [0.717, 1.165) is 55.4 Å². The summed E-state index contributed by atoms with van der Waals surface area (Å²) in [4.78, 5) is 18.4. The fourth-order valence-corrected chi connectivity index (χ4v) is 4.29. The van der Waals surface area contributed by atoms with Gasteiger partial charge in [-0.3, -0.25) is 0 Å². The third-order valence-electron chi connectivity index (χ3n) is 5.92. The fraction of sp³-hybridized carbons (Fsp3) is 0.375. The minimum Gasteiger partial charge on any atom is -0.474 e. The largest absolute Gasteiger partial charge is 0.474 e. The summed E-state index contributed by atoms with van der Waals surface area (Å²) in [6, 6.07) is 8.41. The van der Waals surface area contributed by atoms with Gasteiger partial charge in [0.05, 0.1) is 24.1 Å². The molecule has 0 aliphatic carbocycles. The summed E-state index contributed by atoms with van der Waals surface area (Å²) in [6.45, 7) is 6.15. The highest BCUT2D eigenvalue weighted by atomic mass is 16.5. The van der Waals surface area contributed by atoms with Crippen molar-refractivity contribution in [1.29, 1.82) is 0 Å². The van der Waals surface area contributed by atoms with Crippen LogP contribution in [0.1, 0.15) is 22.4 Å². The average molecular weight is 432 g/mol. The number of pyridine rings is 1. The molecule has 2 N–H and O–H groups in total. The zero-order chi connectivity index (χ0) is 22.1. The quantitative estimate of drug-likeness (QED) is 0.637. The average Bonchev–Trinajstić information content (AvgIpc) is 2.80. The fourth-order valence-electron chi connectivity index (χ4n) is 4.29. The molecule has 4 heterocycles. The van der Waals surface area contributed by atoms with E-state index in [9.17, 15) is 0 Å². The molecule has 0 saturated carbocycles. The van der Waals surface area contributed by atoms with E-state index >= 15 is 0 Å². The molecule has 0 saturated heterocycles. The van der Waals surface area contributed by atoms with Crippen LogP contribution in [0.5, 0.6) is 5.88 Å². The van der Waals surface area contributed by atoms with Crippen LogP contribution in [-0.4, -0.2) is 53.6 Å². The van der Waals surface area contributed by atoms with Crippen molar-refractivity contribution in [2.45, 2.75) is 26.4 Å². The van der Waals surface area contributed by atoms with Gasteiger partial charge in [-0.2, -0.15) is 0 Å². The molecule has 2 aliphatic rings. The molecule has 0 amide bonds. The van der Waals surface area contributed by atoms with Gasteiger partial charge in [0.1, 0.15) is 12.3 Å². The summed E-state index contributed by atoms with van der Waals surface area (Å²) < 4.78 is 5.68. The summed E-state index contributed by atoms with van der Waals surface area (Å²) in [7, 11) is 4.14. The lowest BCUT2D eigenvalue weighted by Crippen LogP contribution is -2.32. The molecule has 0 bridgehead atoms. The molecule has 32 heavy (non-hydrogen) atoms.